The number of anilines is 1. The van der Waals surface area contributed by atoms with E-state index in [-0.39, 0.29) is 40.7 Å². The molecule has 0 bridgehead atoms. The molecule has 0 saturated carbocycles. The number of hydrogen-bond acceptors (Lipinski definition) is 6. The summed E-state index contributed by atoms with van der Waals surface area (Å²) in [5.41, 5.74) is 6.47. The molecule has 2 aliphatic heterocycles. The van der Waals surface area contributed by atoms with Crippen LogP contribution in [0.3, 0.4) is 0 Å². The molecule has 1 fully saturated rings. The fourth-order valence-electron chi connectivity index (χ4n) is 2.94. The maximum Gasteiger partial charge on any atom is 0.303 e. The van der Waals surface area contributed by atoms with Crippen molar-refractivity contribution < 1.29 is 24.3 Å². The SMILES string of the molecule is NC(=O)CN1C(=O)C(=C2SC(=S)N(CCCC(=O)O)C2=O)c2ccccc21. The topological polar surface area (TPSA) is 121 Å². The Morgan fingerprint density at radius 3 is 2.52 bits per heavy atom. The van der Waals surface area contributed by atoms with Gasteiger partial charge in [-0.3, -0.25) is 29.0 Å². The summed E-state index contributed by atoms with van der Waals surface area (Å²) in [5, 5.41) is 8.75. The zero-order chi connectivity index (χ0) is 19.7. The monoisotopic (exact) mass is 405 g/mol. The number of hydrogen-bond donors (Lipinski definition) is 2. The average Bonchev–Trinajstić information content (AvgIpc) is 3.02. The maximum atomic E-state index is 12.9. The van der Waals surface area contributed by atoms with Crippen LogP contribution < -0.4 is 10.6 Å². The van der Waals surface area contributed by atoms with E-state index >= 15 is 0 Å². The Morgan fingerprint density at radius 2 is 1.85 bits per heavy atom. The van der Waals surface area contributed by atoms with Gasteiger partial charge in [-0.05, 0) is 12.5 Å². The first-order chi connectivity index (χ1) is 12.8. The summed E-state index contributed by atoms with van der Waals surface area (Å²) < 4.78 is 0.270. The number of carbonyl (C=O) groups is 4. The molecule has 0 spiro atoms. The number of aliphatic carboxylic acids is 1. The van der Waals surface area contributed by atoms with Crippen molar-refractivity contribution in [3.05, 3.63) is 34.7 Å². The molecule has 10 heteroatoms. The van der Waals surface area contributed by atoms with E-state index in [1.54, 1.807) is 24.3 Å². The number of carboxylic acid groups (broad SMARTS) is 1. The molecular formula is C17H15N3O5S2. The Balaban J connectivity index is 1.96. The molecule has 2 aliphatic rings. The number of nitrogens with zero attached hydrogens (tertiary/aromatic N) is 2. The molecule has 0 radical (unpaired) electrons. The number of fused-ring (bicyclic) bond motifs is 1. The van der Waals surface area contributed by atoms with Gasteiger partial charge in [0.2, 0.25) is 5.91 Å². The Labute approximate surface area is 164 Å². The third-order valence-electron chi connectivity index (χ3n) is 4.09. The van der Waals surface area contributed by atoms with E-state index in [9.17, 15) is 19.2 Å². The van der Waals surface area contributed by atoms with Crippen molar-refractivity contribution in [2.45, 2.75) is 12.8 Å². The van der Waals surface area contributed by atoms with Crippen molar-refractivity contribution in [3.63, 3.8) is 0 Å². The molecule has 0 atom stereocenters. The molecule has 8 nitrogen and oxygen atoms in total. The normalized spacial score (nSPS) is 19.0. The summed E-state index contributed by atoms with van der Waals surface area (Å²) in [5.74, 6) is -2.54. The molecule has 1 aromatic carbocycles. The second-order valence-electron chi connectivity index (χ2n) is 5.90. The molecule has 2 heterocycles. The molecule has 0 aromatic heterocycles. The lowest BCUT2D eigenvalue weighted by Gasteiger charge is -2.14. The van der Waals surface area contributed by atoms with Crippen molar-refractivity contribution >= 4 is 63.3 Å². The van der Waals surface area contributed by atoms with Crippen LogP contribution in [0, 0.1) is 0 Å². The Bertz CT molecular complexity index is 912. The van der Waals surface area contributed by atoms with E-state index in [0.29, 0.717) is 11.3 Å². The van der Waals surface area contributed by atoms with Crippen LogP contribution in [0.5, 0.6) is 0 Å². The number of carbonyl (C=O) groups excluding carboxylic acids is 3. The Morgan fingerprint density at radius 1 is 1.15 bits per heavy atom. The van der Waals surface area contributed by atoms with Crippen molar-refractivity contribution in [1.29, 1.82) is 0 Å². The smallest absolute Gasteiger partial charge is 0.303 e. The number of para-hydroxylation sites is 1. The standard InChI is InChI=1S/C17H15N3O5S2/c18-11(21)8-20-10-5-2-1-4-9(10)13(15(20)24)14-16(25)19(17(26)27-14)7-3-6-12(22)23/h1-2,4-5H,3,6-8H2,(H2,18,21)(H,22,23). The first-order valence-electron chi connectivity index (χ1n) is 8.00. The number of nitrogens with two attached hydrogens (primary N) is 1. The molecule has 1 saturated heterocycles. The summed E-state index contributed by atoms with van der Waals surface area (Å²) in [7, 11) is 0. The van der Waals surface area contributed by atoms with Gasteiger partial charge in [0, 0.05) is 18.5 Å². The minimum Gasteiger partial charge on any atom is -0.481 e. The highest BCUT2D eigenvalue weighted by atomic mass is 32.2. The van der Waals surface area contributed by atoms with Crippen molar-refractivity contribution in [3.8, 4) is 0 Å². The fourth-order valence-corrected chi connectivity index (χ4v) is 4.32. The fraction of sp³-hybridized carbons (Fsp3) is 0.235. The van der Waals surface area contributed by atoms with Crippen LogP contribution in [-0.2, 0) is 19.2 Å². The molecule has 0 unspecified atom stereocenters. The summed E-state index contributed by atoms with van der Waals surface area (Å²) >= 11 is 6.24. The van der Waals surface area contributed by atoms with Crippen LogP contribution in [-0.4, -0.2) is 51.1 Å². The first-order valence-corrected chi connectivity index (χ1v) is 9.23. The minimum absolute atomic E-state index is 0.0862. The van der Waals surface area contributed by atoms with Gasteiger partial charge in [-0.15, -0.1) is 0 Å². The predicted molar refractivity (Wildman–Crippen MR) is 104 cm³/mol. The summed E-state index contributed by atoms with van der Waals surface area (Å²) in [6, 6.07) is 6.82. The highest BCUT2D eigenvalue weighted by Crippen LogP contribution is 2.44. The number of primary amides is 1. The quantitative estimate of drug-likeness (QED) is 0.534. The van der Waals surface area contributed by atoms with E-state index in [2.05, 4.69) is 0 Å². The van der Waals surface area contributed by atoms with Gasteiger partial charge in [-0.2, -0.15) is 0 Å². The van der Waals surface area contributed by atoms with Crippen LogP contribution >= 0.6 is 24.0 Å². The van der Waals surface area contributed by atoms with Crippen LogP contribution in [0.15, 0.2) is 29.2 Å². The number of thiocarbonyl (C=S) groups is 1. The molecular weight excluding hydrogens is 390 g/mol. The number of amides is 3. The average molecular weight is 405 g/mol. The highest BCUT2D eigenvalue weighted by molar-refractivity contribution is 8.26. The molecule has 1 aromatic rings. The van der Waals surface area contributed by atoms with Crippen molar-refractivity contribution in [2.75, 3.05) is 18.0 Å². The van der Waals surface area contributed by atoms with E-state index in [0.717, 1.165) is 11.8 Å². The zero-order valence-corrected chi connectivity index (χ0v) is 15.6. The summed E-state index contributed by atoms with van der Waals surface area (Å²) in [4.78, 5) is 50.5. The van der Waals surface area contributed by atoms with Gasteiger partial charge in [0.15, 0.2) is 0 Å². The van der Waals surface area contributed by atoms with Crippen LogP contribution in [0.2, 0.25) is 0 Å². The van der Waals surface area contributed by atoms with Gasteiger partial charge in [-0.1, -0.05) is 42.2 Å². The highest BCUT2D eigenvalue weighted by Gasteiger charge is 2.42. The molecule has 3 rings (SSSR count). The van der Waals surface area contributed by atoms with E-state index < -0.39 is 23.7 Å². The number of benzene rings is 1. The number of thioether (sulfide) groups is 1. The Hall–Kier alpha value is -2.72. The maximum absolute atomic E-state index is 12.9. The van der Waals surface area contributed by atoms with Crippen molar-refractivity contribution in [1.82, 2.24) is 4.90 Å². The second kappa shape index (κ2) is 7.49. The second-order valence-corrected chi connectivity index (χ2v) is 7.55. The van der Waals surface area contributed by atoms with E-state index in [1.165, 1.54) is 9.80 Å². The van der Waals surface area contributed by atoms with Gasteiger partial charge in [-0.25, -0.2) is 0 Å². The molecule has 3 N–H and O–H groups in total. The molecule has 27 heavy (non-hydrogen) atoms. The summed E-state index contributed by atoms with van der Waals surface area (Å²) in [6.45, 7) is -0.132. The Kier molecular flexibility index (Phi) is 5.29. The lowest BCUT2D eigenvalue weighted by atomic mass is 10.1. The molecule has 140 valence electrons. The lowest BCUT2D eigenvalue weighted by molar-refractivity contribution is -0.137. The van der Waals surface area contributed by atoms with Gasteiger partial charge < -0.3 is 10.8 Å². The lowest BCUT2D eigenvalue weighted by Crippen LogP contribution is -2.36. The van der Waals surface area contributed by atoms with Crippen LogP contribution in [0.1, 0.15) is 18.4 Å². The van der Waals surface area contributed by atoms with Gasteiger partial charge in [0.1, 0.15) is 10.9 Å². The van der Waals surface area contributed by atoms with Crippen LogP contribution in [0.25, 0.3) is 5.57 Å². The first kappa shape index (κ1) is 19.1. The van der Waals surface area contributed by atoms with E-state index in [4.69, 9.17) is 23.1 Å². The third-order valence-corrected chi connectivity index (χ3v) is 5.53. The van der Waals surface area contributed by atoms with Gasteiger partial charge in [0.05, 0.1) is 16.2 Å². The van der Waals surface area contributed by atoms with E-state index in [1.807, 2.05) is 0 Å². The number of carboxylic acids is 1. The van der Waals surface area contributed by atoms with Gasteiger partial charge in [0.25, 0.3) is 11.8 Å². The third kappa shape index (κ3) is 3.58. The largest absolute Gasteiger partial charge is 0.481 e. The minimum atomic E-state index is -0.958. The summed E-state index contributed by atoms with van der Waals surface area (Å²) in [6.07, 6.45) is 0.167. The predicted octanol–water partition coefficient (Wildman–Crippen LogP) is 0.955. The number of rotatable bonds is 6. The van der Waals surface area contributed by atoms with Crippen molar-refractivity contribution in [2.24, 2.45) is 5.73 Å². The van der Waals surface area contributed by atoms with Crippen LogP contribution in [0.4, 0.5) is 5.69 Å². The molecule has 0 aliphatic carbocycles. The molecule has 3 amide bonds. The zero-order valence-electron chi connectivity index (χ0n) is 14.0. The van der Waals surface area contributed by atoms with Gasteiger partial charge >= 0.3 is 5.97 Å².